The van der Waals surface area contributed by atoms with Gasteiger partial charge in [0.1, 0.15) is 11.0 Å². The van der Waals surface area contributed by atoms with E-state index in [2.05, 4.69) is 44.2 Å². The van der Waals surface area contributed by atoms with E-state index in [1.807, 2.05) is 37.5 Å². The van der Waals surface area contributed by atoms with Crippen molar-refractivity contribution in [2.45, 2.75) is 19.9 Å². The Bertz CT molecular complexity index is 889. The molecule has 3 aromatic rings. The molecule has 0 fully saturated rings. The van der Waals surface area contributed by atoms with E-state index in [1.165, 1.54) is 0 Å². The highest BCUT2D eigenvalue weighted by Crippen LogP contribution is 2.16. The molecule has 0 spiro atoms. The Kier molecular flexibility index (Phi) is 7.03. The Morgan fingerprint density at radius 3 is 2.68 bits per heavy atom. The number of halogens is 1. The van der Waals surface area contributed by atoms with Crippen molar-refractivity contribution < 1.29 is 0 Å². The van der Waals surface area contributed by atoms with Crippen LogP contribution in [0.1, 0.15) is 18.3 Å². The third kappa shape index (κ3) is 5.57. The zero-order chi connectivity index (χ0) is 19.8. The van der Waals surface area contributed by atoms with Gasteiger partial charge in [-0.15, -0.1) is 0 Å². The number of aliphatic imine (C=N–C) groups is 1. The predicted molar refractivity (Wildman–Crippen MR) is 114 cm³/mol. The number of nitrogens with one attached hydrogen (secondary N) is 2. The molecule has 146 valence electrons. The fourth-order valence-electron chi connectivity index (χ4n) is 2.82. The van der Waals surface area contributed by atoms with Gasteiger partial charge in [-0.2, -0.15) is 0 Å². The summed E-state index contributed by atoms with van der Waals surface area (Å²) in [6.07, 6.45) is 4.48. The van der Waals surface area contributed by atoms with Gasteiger partial charge < -0.3 is 15.2 Å². The number of aromatic amines is 1. The fourth-order valence-corrected chi connectivity index (χ4v) is 2.93. The third-order valence-corrected chi connectivity index (χ3v) is 4.47. The number of guanidine groups is 1. The van der Waals surface area contributed by atoms with Crippen molar-refractivity contribution in [3.8, 4) is 11.3 Å². The molecule has 0 aliphatic rings. The summed E-state index contributed by atoms with van der Waals surface area (Å²) in [6.45, 7) is 4.18. The van der Waals surface area contributed by atoms with E-state index >= 15 is 0 Å². The summed E-state index contributed by atoms with van der Waals surface area (Å²) in [5.41, 5.74) is 3.26. The molecule has 0 atom stereocenters. The maximum Gasteiger partial charge on any atom is 0.194 e. The van der Waals surface area contributed by atoms with E-state index in [4.69, 9.17) is 16.6 Å². The molecule has 28 heavy (non-hydrogen) atoms. The summed E-state index contributed by atoms with van der Waals surface area (Å²) < 4.78 is 0. The summed E-state index contributed by atoms with van der Waals surface area (Å²) in [7, 11) is 2.01. The van der Waals surface area contributed by atoms with Crippen LogP contribution in [0.15, 0.2) is 59.9 Å². The monoisotopic (exact) mass is 396 g/mol. The van der Waals surface area contributed by atoms with Gasteiger partial charge in [0.2, 0.25) is 0 Å². The van der Waals surface area contributed by atoms with Crippen LogP contribution < -0.4 is 5.32 Å². The molecule has 0 saturated carbocycles. The quantitative estimate of drug-likeness (QED) is 0.362. The van der Waals surface area contributed by atoms with Crippen LogP contribution in [0.5, 0.6) is 0 Å². The van der Waals surface area contributed by atoms with E-state index in [9.17, 15) is 0 Å². The van der Waals surface area contributed by atoms with Crippen LogP contribution in [0.2, 0.25) is 5.15 Å². The van der Waals surface area contributed by atoms with Gasteiger partial charge in [0.05, 0.1) is 18.4 Å². The summed E-state index contributed by atoms with van der Waals surface area (Å²) >= 11 is 5.83. The number of pyridine rings is 1. The average molecular weight is 397 g/mol. The second-order valence-electron chi connectivity index (χ2n) is 6.44. The molecule has 6 nitrogen and oxygen atoms in total. The summed E-state index contributed by atoms with van der Waals surface area (Å²) in [4.78, 5) is 18.8. The van der Waals surface area contributed by atoms with Crippen LogP contribution in [-0.2, 0) is 13.0 Å². The topological polar surface area (TPSA) is 69.2 Å². The maximum absolute atomic E-state index is 5.83. The SMILES string of the molecule is CCNC(=NCCc1ccc(Cl)nc1)N(C)Cc1ncc(-c2ccccc2)[nH]1. The highest BCUT2D eigenvalue weighted by Gasteiger charge is 2.10. The number of H-pyrrole nitrogens is 1. The maximum atomic E-state index is 5.83. The van der Waals surface area contributed by atoms with Crippen molar-refractivity contribution in [1.82, 2.24) is 25.2 Å². The molecule has 0 aliphatic heterocycles. The predicted octanol–water partition coefficient (Wildman–Crippen LogP) is 3.77. The Balaban J connectivity index is 1.61. The lowest BCUT2D eigenvalue weighted by atomic mass is 10.2. The zero-order valence-corrected chi connectivity index (χ0v) is 16.9. The number of hydrogen-bond donors (Lipinski definition) is 2. The smallest absolute Gasteiger partial charge is 0.194 e. The van der Waals surface area contributed by atoms with E-state index in [1.54, 1.807) is 12.3 Å². The van der Waals surface area contributed by atoms with E-state index in [0.717, 1.165) is 41.6 Å². The standard InChI is InChI=1S/C21H25ClN6/c1-3-23-21(24-12-11-16-9-10-19(22)25-13-16)28(2)15-20-26-14-18(27-20)17-7-5-4-6-8-17/h4-10,13-14H,3,11-12,15H2,1-2H3,(H,23,24)(H,26,27). The molecule has 0 unspecified atom stereocenters. The first-order valence-electron chi connectivity index (χ1n) is 9.35. The van der Waals surface area contributed by atoms with Crippen LogP contribution in [-0.4, -0.2) is 45.9 Å². The lowest BCUT2D eigenvalue weighted by Crippen LogP contribution is -2.38. The average Bonchev–Trinajstić information content (AvgIpc) is 3.18. The molecule has 1 aromatic carbocycles. The number of hydrogen-bond acceptors (Lipinski definition) is 3. The third-order valence-electron chi connectivity index (χ3n) is 4.25. The lowest BCUT2D eigenvalue weighted by molar-refractivity contribution is 0.464. The number of imidazole rings is 1. The molecule has 3 rings (SSSR count). The number of rotatable bonds is 7. The minimum Gasteiger partial charge on any atom is -0.357 e. The molecule has 0 bridgehead atoms. The van der Waals surface area contributed by atoms with E-state index in [0.29, 0.717) is 18.2 Å². The van der Waals surface area contributed by atoms with Gasteiger partial charge in [-0.05, 0) is 30.5 Å². The van der Waals surface area contributed by atoms with Gasteiger partial charge in [-0.1, -0.05) is 48.0 Å². The largest absolute Gasteiger partial charge is 0.357 e. The molecule has 0 radical (unpaired) electrons. The Labute approximate surface area is 170 Å². The van der Waals surface area contributed by atoms with Gasteiger partial charge in [0.15, 0.2) is 5.96 Å². The minimum atomic E-state index is 0.508. The number of benzene rings is 1. The molecular weight excluding hydrogens is 372 g/mol. The second kappa shape index (κ2) is 9.90. The van der Waals surface area contributed by atoms with Crippen molar-refractivity contribution in [2.75, 3.05) is 20.1 Å². The van der Waals surface area contributed by atoms with Crippen molar-refractivity contribution in [1.29, 1.82) is 0 Å². The Hall–Kier alpha value is -2.86. The van der Waals surface area contributed by atoms with Crippen LogP contribution in [0.25, 0.3) is 11.3 Å². The Morgan fingerprint density at radius 1 is 1.14 bits per heavy atom. The Morgan fingerprint density at radius 2 is 1.96 bits per heavy atom. The van der Waals surface area contributed by atoms with Gasteiger partial charge >= 0.3 is 0 Å². The van der Waals surface area contributed by atoms with Gasteiger partial charge in [-0.3, -0.25) is 4.99 Å². The first-order valence-corrected chi connectivity index (χ1v) is 9.72. The number of aromatic nitrogens is 3. The molecule has 2 aromatic heterocycles. The fraction of sp³-hybridized carbons (Fsp3) is 0.286. The lowest BCUT2D eigenvalue weighted by Gasteiger charge is -2.21. The molecule has 0 amide bonds. The van der Waals surface area contributed by atoms with Crippen LogP contribution in [0, 0.1) is 0 Å². The normalized spacial score (nSPS) is 11.5. The molecule has 7 heteroatoms. The first-order chi connectivity index (χ1) is 13.7. The van der Waals surface area contributed by atoms with E-state index < -0.39 is 0 Å². The highest BCUT2D eigenvalue weighted by molar-refractivity contribution is 6.29. The van der Waals surface area contributed by atoms with Crippen LogP contribution >= 0.6 is 11.6 Å². The summed E-state index contributed by atoms with van der Waals surface area (Å²) in [6, 6.07) is 14.0. The first kappa shape index (κ1) is 19.9. The van der Waals surface area contributed by atoms with Crippen molar-refractivity contribution in [3.63, 3.8) is 0 Å². The van der Waals surface area contributed by atoms with Crippen LogP contribution in [0.3, 0.4) is 0 Å². The minimum absolute atomic E-state index is 0.508. The van der Waals surface area contributed by atoms with Crippen molar-refractivity contribution >= 4 is 17.6 Å². The van der Waals surface area contributed by atoms with E-state index in [-0.39, 0.29) is 0 Å². The van der Waals surface area contributed by atoms with Gasteiger partial charge in [-0.25, -0.2) is 9.97 Å². The molecular formula is C21H25ClN6. The summed E-state index contributed by atoms with van der Waals surface area (Å²) in [5.74, 6) is 1.75. The molecule has 0 saturated heterocycles. The second-order valence-corrected chi connectivity index (χ2v) is 6.83. The van der Waals surface area contributed by atoms with Crippen molar-refractivity contribution in [3.05, 3.63) is 71.4 Å². The highest BCUT2D eigenvalue weighted by atomic mass is 35.5. The summed E-state index contributed by atoms with van der Waals surface area (Å²) in [5, 5.41) is 3.84. The molecule has 0 aliphatic carbocycles. The van der Waals surface area contributed by atoms with Gasteiger partial charge in [0.25, 0.3) is 0 Å². The molecule has 2 N–H and O–H groups in total. The van der Waals surface area contributed by atoms with Gasteiger partial charge in [0, 0.05) is 26.3 Å². The number of nitrogens with zero attached hydrogens (tertiary/aromatic N) is 4. The van der Waals surface area contributed by atoms with Crippen molar-refractivity contribution in [2.24, 2.45) is 4.99 Å². The van der Waals surface area contributed by atoms with Crippen LogP contribution in [0.4, 0.5) is 0 Å². The zero-order valence-electron chi connectivity index (χ0n) is 16.2. The molecule has 2 heterocycles.